The molecule has 1 aromatic rings. The molecule has 0 aliphatic carbocycles. The Balaban J connectivity index is 1.82. The molecule has 2 aliphatic rings. The van der Waals surface area contributed by atoms with Crippen molar-refractivity contribution >= 4 is 5.97 Å². The van der Waals surface area contributed by atoms with E-state index in [9.17, 15) is 4.79 Å². The summed E-state index contributed by atoms with van der Waals surface area (Å²) in [6.07, 6.45) is 0.169. The Hall–Kier alpha value is -1.43. The number of benzene rings is 1. The van der Waals surface area contributed by atoms with Crippen LogP contribution in [-0.4, -0.2) is 36.6 Å². The molecule has 2 heterocycles. The number of rotatable bonds is 3. The van der Waals surface area contributed by atoms with E-state index in [1.54, 1.807) is 5.06 Å². The predicted molar refractivity (Wildman–Crippen MR) is 66.9 cm³/mol. The molecule has 5 nitrogen and oxygen atoms in total. The molecule has 1 aromatic carbocycles. The number of carbonyl (C=O) groups is 1. The molecule has 2 saturated heterocycles. The van der Waals surface area contributed by atoms with Crippen molar-refractivity contribution in [2.45, 2.75) is 31.7 Å². The maximum Gasteiger partial charge on any atom is 0.326 e. The average molecular weight is 263 g/mol. The fourth-order valence-electron chi connectivity index (χ4n) is 2.56. The van der Waals surface area contributed by atoms with E-state index in [1.165, 1.54) is 0 Å². The van der Waals surface area contributed by atoms with Crippen LogP contribution in [0.25, 0.3) is 0 Å². The highest BCUT2D eigenvalue weighted by Gasteiger charge is 2.47. The molecule has 0 spiro atoms. The summed E-state index contributed by atoms with van der Waals surface area (Å²) in [6, 6.07) is 9.50. The van der Waals surface area contributed by atoms with Gasteiger partial charge in [0.15, 0.2) is 6.29 Å². The molecule has 0 aromatic heterocycles. The van der Waals surface area contributed by atoms with Gasteiger partial charge in [0.2, 0.25) is 0 Å². The van der Waals surface area contributed by atoms with Gasteiger partial charge in [0.25, 0.3) is 0 Å². The zero-order valence-corrected chi connectivity index (χ0v) is 10.8. The molecular formula is C14H17NO4. The van der Waals surface area contributed by atoms with Gasteiger partial charge >= 0.3 is 5.97 Å². The summed E-state index contributed by atoms with van der Waals surface area (Å²) >= 11 is 0. The normalized spacial score (nSPS) is 31.0. The van der Waals surface area contributed by atoms with Gasteiger partial charge in [-0.2, -0.15) is 5.06 Å². The third kappa shape index (κ3) is 2.36. The second-order valence-electron chi connectivity index (χ2n) is 4.66. The van der Waals surface area contributed by atoms with Gasteiger partial charge in [-0.3, -0.25) is 9.63 Å². The minimum atomic E-state index is -0.365. The van der Waals surface area contributed by atoms with E-state index in [2.05, 4.69) is 0 Å². The highest BCUT2D eigenvalue weighted by molar-refractivity contribution is 5.76. The van der Waals surface area contributed by atoms with Crippen molar-refractivity contribution in [2.24, 2.45) is 0 Å². The number of fused-ring (bicyclic) bond motifs is 1. The van der Waals surface area contributed by atoms with E-state index >= 15 is 0 Å². The number of nitrogens with zero attached hydrogens (tertiary/aromatic N) is 1. The van der Waals surface area contributed by atoms with Crippen LogP contribution in [0.3, 0.4) is 0 Å². The molecular weight excluding hydrogens is 246 g/mol. The first-order chi connectivity index (χ1) is 9.29. The lowest BCUT2D eigenvalue weighted by Crippen LogP contribution is -2.46. The summed E-state index contributed by atoms with van der Waals surface area (Å²) in [5, 5.41) is 1.74. The summed E-state index contributed by atoms with van der Waals surface area (Å²) in [6.45, 7) is 2.79. The number of hydrogen-bond acceptors (Lipinski definition) is 5. The van der Waals surface area contributed by atoms with E-state index in [0.29, 0.717) is 19.6 Å². The summed E-state index contributed by atoms with van der Waals surface area (Å²) in [4.78, 5) is 17.6. The van der Waals surface area contributed by atoms with Crippen molar-refractivity contribution in [3.05, 3.63) is 35.9 Å². The van der Waals surface area contributed by atoms with Crippen LogP contribution in [0, 0.1) is 0 Å². The van der Waals surface area contributed by atoms with Crippen molar-refractivity contribution < 1.29 is 19.1 Å². The summed E-state index contributed by atoms with van der Waals surface area (Å²) in [5.74, 6) is -0.227. The number of carbonyl (C=O) groups excluding carboxylic acids is 1. The molecule has 19 heavy (non-hydrogen) atoms. The lowest BCUT2D eigenvalue weighted by Gasteiger charge is -2.34. The molecule has 0 bridgehead atoms. The third-order valence-electron chi connectivity index (χ3n) is 3.46. The fraction of sp³-hybridized carbons (Fsp3) is 0.500. The van der Waals surface area contributed by atoms with Gasteiger partial charge in [-0.25, -0.2) is 0 Å². The van der Waals surface area contributed by atoms with Crippen LogP contribution in [-0.2, 0) is 19.1 Å². The topological polar surface area (TPSA) is 48.0 Å². The molecule has 3 atom stereocenters. The van der Waals surface area contributed by atoms with Crippen LogP contribution in [0.15, 0.2) is 30.3 Å². The molecule has 2 aliphatic heterocycles. The largest absolute Gasteiger partial charge is 0.462 e. The maximum absolute atomic E-state index is 11.8. The van der Waals surface area contributed by atoms with Gasteiger partial charge in [0, 0.05) is 13.0 Å². The molecule has 102 valence electrons. The summed E-state index contributed by atoms with van der Waals surface area (Å²) in [5.41, 5.74) is 1.08. The Morgan fingerprint density at radius 3 is 2.84 bits per heavy atom. The molecule has 2 fully saturated rings. The average Bonchev–Trinajstić information content (AvgIpc) is 2.85. The van der Waals surface area contributed by atoms with Gasteiger partial charge in [-0.05, 0) is 12.5 Å². The SMILES string of the molecule is CCO[C@H]1C[C@@H]2C(=O)OC[C@H](c3ccccc3)N2O1. The van der Waals surface area contributed by atoms with Crippen molar-refractivity contribution in [2.75, 3.05) is 13.2 Å². The lowest BCUT2D eigenvalue weighted by atomic mass is 10.0. The van der Waals surface area contributed by atoms with E-state index in [1.807, 2.05) is 37.3 Å². The highest BCUT2D eigenvalue weighted by atomic mass is 16.8. The number of morpholine rings is 1. The predicted octanol–water partition coefficient (Wildman–Crippen LogP) is 1.65. The van der Waals surface area contributed by atoms with E-state index in [0.717, 1.165) is 5.56 Å². The van der Waals surface area contributed by atoms with Crippen molar-refractivity contribution in [3.8, 4) is 0 Å². The van der Waals surface area contributed by atoms with Gasteiger partial charge < -0.3 is 9.47 Å². The third-order valence-corrected chi connectivity index (χ3v) is 3.46. The lowest BCUT2D eigenvalue weighted by molar-refractivity contribution is -0.270. The molecule has 0 radical (unpaired) electrons. The van der Waals surface area contributed by atoms with Crippen molar-refractivity contribution in [1.29, 1.82) is 0 Å². The van der Waals surface area contributed by atoms with Crippen LogP contribution >= 0.6 is 0 Å². The first kappa shape index (κ1) is 12.6. The second-order valence-corrected chi connectivity index (χ2v) is 4.66. The van der Waals surface area contributed by atoms with Gasteiger partial charge in [0.1, 0.15) is 12.6 Å². The number of ether oxygens (including phenoxy) is 2. The van der Waals surface area contributed by atoms with Crippen molar-refractivity contribution in [1.82, 2.24) is 5.06 Å². The van der Waals surface area contributed by atoms with Crippen LogP contribution in [0.1, 0.15) is 24.9 Å². The van der Waals surface area contributed by atoms with E-state index < -0.39 is 0 Å². The summed E-state index contributed by atoms with van der Waals surface area (Å²) < 4.78 is 10.7. The van der Waals surface area contributed by atoms with Crippen LogP contribution < -0.4 is 0 Å². The van der Waals surface area contributed by atoms with Gasteiger partial charge in [0.05, 0.1) is 6.04 Å². The monoisotopic (exact) mass is 263 g/mol. The van der Waals surface area contributed by atoms with Gasteiger partial charge in [-0.1, -0.05) is 30.3 Å². The van der Waals surface area contributed by atoms with Crippen molar-refractivity contribution in [3.63, 3.8) is 0 Å². The number of esters is 1. The second kappa shape index (κ2) is 5.28. The molecule has 0 N–H and O–H groups in total. The molecule has 5 heteroatoms. The minimum absolute atomic E-state index is 0.0608. The zero-order valence-electron chi connectivity index (χ0n) is 10.8. The Kier molecular flexibility index (Phi) is 3.50. The standard InChI is InChI=1S/C14H17NO4/c1-2-17-13-8-11-14(16)18-9-12(15(11)19-13)10-6-4-3-5-7-10/h3-7,11-13H,2,8-9H2,1H3/t11-,12-,13-/m1/s1. The molecule has 0 saturated carbocycles. The summed E-state index contributed by atoms with van der Waals surface area (Å²) in [7, 11) is 0. The number of hydroxylamine groups is 2. The Bertz CT molecular complexity index is 450. The number of cyclic esters (lactones) is 1. The van der Waals surface area contributed by atoms with Crippen LogP contribution in [0.2, 0.25) is 0 Å². The number of hydrogen-bond donors (Lipinski definition) is 0. The zero-order chi connectivity index (χ0) is 13.2. The highest BCUT2D eigenvalue weighted by Crippen LogP contribution is 2.35. The maximum atomic E-state index is 11.8. The van der Waals surface area contributed by atoms with Crippen LogP contribution in [0.5, 0.6) is 0 Å². The van der Waals surface area contributed by atoms with Gasteiger partial charge in [-0.15, -0.1) is 0 Å². The minimum Gasteiger partial charge on any atom is -0.462 e. The Morgan fingerprint density at radius 1 is 1.32 bits per heavy atom. The van der Waals surface area contributed by atoms with Crippen LogP contribution in [0.4, 0.5) is 0 Å². The van der Waals surface area contributed by atoms with E-state index in [4.69, 9.17) is 14.3 Å². The smallest absolute Gasteiger partial charge is 0.326 e. The van der Waals surface area contributed by atoms with E-state index in [-0.39, 0.29) is 24.3 Å². The Morgan fingerprint density at radius 2 is 2.11 bits per heavy atom. The first-order valence-electron chi connectivity index (χ1n) is 6.58. The first-order valence-corrected chi connectivity index (χ1v) is 6.58. The molecule has 0 unspecified atom stereocenters. The quantitative estimate of drug-likeness (QED) is 0.776. The fourth-order valence-corrected chi connectivity index (χ4v) is 2.56. The Labute approximate surface area is 112 Å². The molecule has 0 amide bonds. The molecule has 3 rings (SSSR count).